The molecule has 2 aromatic carbocycles. The minimum atomic E-state index is -0.631. The Hall–Kier alpha value is -3.75. The van der Waals surface area contributed by atoms with Crippen LogP contribution in [0.15, 0.2) is 47.3 Å². The predicted molar refractivity (Wildman–Crippen MR) is 108 cm³/mol. The number of hydrogen-bond donors (Lipinski definition) is 2. The lowest BCUT2D eigenvalue weighted by atomic mass is 10.2. The molecule has 0 spiro atoms. The summed E-state index contributed by atoms with van der Waals surface area (Å²) in [5, 5.41) is 2.73. The summed E-state index contributed by atoms with van der Waals surface area (Å²) >= 11 is 0. The Bertz CT molecular complexity index is 1120. The average Bonchev–Trinajstić information content (AvgIpc) is 2.97. The van der Waals surface area contributed by atoms with Crippen LogP contribution in [0.2, 0.25) is 0 Å². The molecule has 3 rings (SSSR count). The second-order valence-corrected chi connectivity index (χ2v) is 6.27. The number of carbonyl (C=O) groups excluding carboxylic acids is 2. The largest absolute Gasteiger partial charge is 0.493 e. The lowest BCUT2D eigenvalue weighted by Gasteiger charge is -2.12. The molecule has 0 aliphatic heterocycles. The van der Waals surface area contributed by atoms with Gasteiger partial charge in [0.2, 0.25) is 5.91 Å². The van der Waals surface area contributed by atoms with Gasteiger partial charge in [-0.2, -0.15) is 0 Å². The van der Waals surface area contributed by atoms with Gasteiger partial charge in [0.15, 0.2) is 18.1 Å². The summed E-state index contributed by atoms with van der Waals surface area (Å²) in [5.41, 5.74) is 6.75. The molecule has 0 saturated carbocycles. The fourth-order valence-electron chi connectivity index (χ4n) is 3.09. The molecule has 29 heavy (non-hydrogen) atoms. The van der Waals surface area contributed by atoms with Crippen molar-refractivity contribution in [1.29, 1.82) is 0 Å². The van der Waals surface area contributed by atoms with Crippen molar-refractivity contribution in [2.24, 2.45) is 5.73 Å². The minimum absolute atomic E-state index is 0.143. The van der Waals surface area contributed by atoms with Gasteiger partial charge in [0.05, 0.1) is 18.1 Å². The number of amides is 2. The summed E-state index contributed by atoms with van der Waals surface area (Å²) in [5.74, 6) is -0.347. The Kier molecular flexibility index (Phi) is 5.87. The molecule has 0 aliphatic rings. The monoisotopic (exact) mass is 398 g/mol. The lowest BCUT2D eigenvalue weighted by Crippen LogP contribution is -2.29. The number of aromatic nitrogens is 2. The van der Waals surface area contributed by atoms with Crippen LogP contribution < -0.4 is 26.2 Å². The molecular weight excluding hydrogens is 376 g/mol. The summed E-state index contributed by atoms with van der Waals surface area (Å²) in [7, 11) is 1.46. The number of nitrogens with one attached hydrogen (secondary N) is 1. The van der Waals surface area contributed by atoms with E-state index in [1.54, 1.807) is 22.8 Å². The molecule has 1 aromatic heterocycles. The van der Waals surface area contributed by atoms with Crippen LogP contribution in [0.25, 0.3) is 11.0 Å². The molecule has 152 valence electrons. The number of aryl methyl sites for hydroxylation is 1. The van der Waals surface area contributed by atoms with Gasteiger partial charge in [0.1, 0.15) is 6.54 Å². The zero-order valence-corrected chi connectivity index (χ0v) is 16.2. The molecule has 9 heteroatoms. The molecule has 0 radical (unpaired) electrons. The third-order valence-corrected chi connectivity index (χ3v) is 4.36. The summed E-state index contributed by atoms with van der Waals surface area (Å²) in [6, 6.07) is 12.1. The van der Waals surface area contributed by atoms with Crippen molar-refractivity contribution in [3.05, 3.63) is 52.9 Å². The number of primary amides is 1. The zero-order chi connectivity index (χ0) is 21.0. The van der Waals surface area contributed by atoms with Crippen molar-refractivity contribution in [1.82, 2.24) is 9.13 Å². The molecule has 3 aromatic rings. The first-order valence-electron chi connectivity index (χ1n) is 9.01. The van der Waals surface area contributed by atoms with Crippen LogP contribution in [0.1, 0.15) is 6.92 Å². The number of nitrogens with zero attached hydrogens (tertiary/aromatic N) is 2. The lowest BCUT2D eigenvalue weighted by molar-refractivity contribution is -0.120. The SMILES string of the molecule is CCn1c(=O)n(CC(=O)Nc2ccc(OC)c(OCC(N)=O)c2)c2ccccc21. The highest BCUT2D eigenvalue weighted by atomic mass is 16.5. The first-order valence-corrected chi connectivity index (χ1v) is 9.01. The maximum Gasteiger partial charge on any atom is 0.329 e. The molecule has 0 unspecified atom stereocenters. The van der Waals surface area contributed by atoms with Gasteiger partial charge in [-0.15, -0.1) is 0 Å². The van der Waals surface area contributed by atoms with Crippen LogP contribution in [0.5, 0.6) is 11.5 Å². The van der Waals surface area contributed by atoms with E-state index in [1.165, 1.54) is 17.7 Å². The Morgan fingerprint density at radius 1 is 1.07 bits per heavy atom. The van der Waals surface area contributed by atoms with Gasteiger partial charge in [-0.25, -0.2) is 4.79 Å². The molecule has 9 nitrogen and oxygen atoms in total. The van der Waals surface area contributed by atoms with E-state index in [1.807, 2.05) is 25.1 Å². The van der Waals surface area contributed by atoms with Gasteiger partial charge in [-0.05, 0) is 31.2 Å². The number of fused-ring (bicyclic) bond motifs is 1. The molecule has 1 heterocycles. The molecule has 0 bridgehead atoms. The number of para-hydroxylation sites is 2. The van der Waals surface area contributed by atoms with Crippen LogP contribution in [0.4, 0.5) is 5.69 Å². The van der Waals surface area contributed by atoms with Crippen molar-refractivity contribution < 1.29 is 19.1 Å². The van der Waals surface area contributed by atoms with Gasteiger partial charge >= 0.3 is 5.69 Å². The number of rotatable bonds is 8. The smallest absolute Gasteiger partial charge is 0.329 e. The first-order chi connectivity index (χ1) is 13.9. The van der Waals surface area contributed by atoms with Gasteiger partial charge in [-0.3, -0.25) is 18.7 Å². The first kappa shape index (κ1) is 20.0. The quantitative estimate of drug-likeness (QED) is 0.594. The molecule has 3 N–H and O–H groups in total. The molecular formula is C20H22N4O5. The third-order valence-electron chi connectivity index (χ3n) is 4.36. The van der Waals surface area contributed by atoms with Crippen LogP contribution in [-0.2, 0) is 22.7 Å². The summed E-state index contributed by atoms with van der Waals surface area (Å²) in [6.45, 7) is 1.92. The second kappa shape index (κ2) is 8.51. The number of imidazole rings is 1. The van der Waals surface area contributed by atoms with Gasteiger partial charge in [0.25, 0.3) is 5.91 Å². The number of nitrogens with two attached hydrogens (primary N) is 1. The summed E-state index contributed by atoms with van der Waals surface area (Å²) in [4.78, 5) is 36.2. The van der Waals surface area contributed by atoms with E-state index in [0.29, 0.717) is 23.5 Å². The van der Waals surface area contributed by atoms with Crippen molar-refractivity contribution >= 4 is 28.5 Å². The van der Waals surface area contributed by atoms with Crippen molar-refractivity contribution in [3.8, 4) is 11.5 Å². The summed E-state index contributed by atoms with van der Waals surface area (Å²) in [6.07, 6.45) is 0. The minimum Gasteiger partial charge on any atom is -0.493 e. The fraction of sp³-hybridized carbons (Fsp3) is 0.250. The Morgan fingerprint density at radius 3 is 2.38 bits per heavy atom. The van der Waals surface area contributed by atoms with E-state index in [9.17, 15) is 14.4 Å². The van der Waals surface area contributed by atoms with Crippen LogP contribution in [-0.4, -0.2) is 34.7 Å². The number of ether oxygens (including phenoxy) is 2. The average molecular weight is 398 g/mol. The molecule has 2 amide bonds. The maximum atomic E-state index is 12.7. The van der Waals surface area contributed by atoms with E-state index >= 15 is 0 Å². The van der Waals surface area contributed by atoms with Crippen LogP contribution in [0.3, 0.4) is 0 Å². The number of hydrogen-bond acceptors (Lipinski definition) is 5. The van der Waals surface area contributed by atoms with Gasteiger partial charge < -0.3 is 20.5 Å². The molecule has 0 saturated heterocycles. The second-order valence-electron chi connectivity index (χ2n) is 6.27. The summed E-state index contributed by atoms with van der Waals surface area (Å²) < 4.78 is 13.5. The van der Waals surface area contributed by atoms with E-state index in [4.69, 9.17) is 15.2 Å². The number of methoxy groups -OCH3 is 1. The number of benzene rings is 2. The maximum absolute atomic E-state index is 12.7. The van der Waals surface area contributed by atoms with Crippen molar-refractivity contribution in [2.75, 3.05) is 19.0 Å². The van der Waals surface area contributed by atoms with E-state index < -0.39 is 5.91 Å². The Labute approximate surface area is 166 Å². The van der Waals surface area contributed by atoms with Crippen LogP contribution in [0, 0.1) is 0 Å². The third kappa shape index (κ3) is 4.23. The van der Waals surface area contributed by atoms with Gasteiger partial charge in [0, 0.05) is 18.3 Å². The van der Waals surface area contributed by atoms with Crippen molar-refractivity contribution in [3.63, 3.8) is 0 Å². The van der Waals surface area contributed by atoms with E-state index in [0.717, 1.165) is 5.52 Å². The molecule has 0 fully saturated rings. The number of anilines is 1. The molecule has 0 atom stereocenters. The van der Waals surface area contributed by atoms with Crippen molar-refractivity contribution in [2.45, 2.75) is 20.0 Å². The molecule has 0 aliphatic carbocycles. The highest BCUT2D eigenvalue weighted by molar-refractivity contribution is 5.92. The van der Waals surface area contributed by atoms with E-state index in [2.05, 4.69) is 5.32 Å². The topological polar surface area (TPSA) is 118 Å². The highest BCUT2D eigenvalue weighted by Crippen LogP contribution is 2.30. The van der Waals surface area contributed by atoms with Crippen LogP contribution >= 0.6 is 0 Å². The zero-order valence-electron chi connectivity index (χ0n) is 16.2. The normalized spacial score (nSPS) is 10.7. The number of carbonyl (C=O) groups is 2. The van der Waals surface area contributed by atoms with E-state index in [-0.39, 0.29) is 30.5 Å². The predicted octanol–water partition coefficient (Wildman–Crippen LogP) is 1.33. The fourth-order valence-corrected chi connectivity index (χ4v) is 3.09. The Morgan fingerprint density at radius 2 is 1.76 bits per heavy atom. The highest BCUT2D eigenvalue weighted by Gasteiger charge is 2.15. The Balaban J connectivity index is 1.82. The standard InChI is InChI=1S/C20H22N4O5/c1-3-23-14-6-4-5-7-15(14)24(20(23)27)11-19(26)22-13-8-9-16(28-2)17(10-13)29-12-18(21)25/h4-10H,3,11-12H2,1-2H3,(H2,21,25)(H,22,26). The van der Waals surface area contributed by atoms with Gasteiger partial charge in [-0.1, -0.05) is 12.1 Å².